The summed E-state index contributed by atoms with van der Waals surface area (Å²) in [6.45, 7) is 3.43. The molecule has 16 heteroatoms. The second kappa shape index (κ2) is 12.0. The van der Waals surface area contributed by atoms with Gasteiger partial charge < -0.3 is 34.3 Å². The van der Waals surface area contributed by atoms with Crippen LogP contribution in [0.5, 0.6) is 5.75 Å². The number of nitrogens with zero attached hydrogens (tertiary/aromatic N) is 4. The third-order valence-electron chi connectivity index (χ3n) is 8.36. The average molecular weight is 636 g/mol. The van der Waals surface area contributed by atoms with Gasteiger partial charge in [0.2, 0.25) is 17.2 Å². The Bertz CT molecular complexity index is 1850. The van der Waals surface area contributed by atoms with E-state index >= 15 is 8.78 Å². The lowest BCUT2D eigenvalue weighted by atomic mass is 10.1. The molecule has 4 heterocycles. The molecule has 2 N–H and O–H groups in total. The fraction of sp³-hybridized carbons (Fsp3) is 0.367. The standard InChI is InChI=1S/C30H29F2N5O8.B/c1-14-13-44-27-24-18(26(39)19(29(41)42)12-36(14)24)9-21(32)25(27)35-7-6-23(28(35)40)34(3)22-5-4-16(8-20(22)31)37-11-17(45-30(37)43)10-33-15(2)38;/h4-5,8-9,12,14,17,23H,6-7,10-11,13H2,1-3H3,(H,33,38)(H,41,42);/t14?,17-,23?;/m0./s1. The summed E-state index contributed by atoms with van der Waals surface area (Å²) in [5.41, 5.74) is -1.06. The Kier molecular flexibility index (Phi) is 8.40. The first-order chi connectivity index (χ1) is 21.4. The first-order valence-corrected chi connectivity index (χ1v) is 14.2. The van der Waals surface area contributed by atoms with Crippen LogP contribution >= 0.6 is 0 Å². The Balaban J connectivity index is 0.00000417. The fourth-order valence-electron chi connectivity index (χ4n) is 6.08. The number of ether oxygens (including phenoxy) is 2. The van der Waals surface area contributed by atoms with Crippen LogP contribution in [0.4, 0.5) is 30.6 Å². The van der Waals surface area contributed by atoms with Crippen molar-refractivity contribution in [1.29, 1.82) is 0 Å². The number of halogens is 2. The van der Waals surface area contributed by atoms with Crippen molar-refractivity contribution in [3.8, 4) is 5.75 Å². The van der Waals surface area contributed by atoms with Gasteiger partial charge in [0.25, 0.3) is 0 Å². The van der Waals surface area contributed by atoms with Gasteiger partial charge in [-0.1, -0.05) is 0 Å². The Morgan fingerprint density at radius 2 is 1.87 bits per heavy atom. The van der Waals surface area contributed by atoms with E-state index in [0.717, 1.165) is 12.1 Å². The molecule has 46 heavy (non-hydrogen) atoms. The third-order valence-corrected chi connectivity index (χ3v) is 8.36. The van der Waals surface area contributed by atoms with Crippen molar-refractivity contribution in [3.63, 3.8) is 0 Å². The van der Waals surface area contributed by atoms with Crippen molar-refractivity contribution in [2.75, 3.05) is 48.0 Å². The number of hydrogen-bond acceptors (Lipinski definition) is 8. The zero-order chi connectivity index (χ0) is 32.3. The number of rotatable bonds is 7. The molecular formula is C30H29BF2N5O8. The number of likely N-dealkylation sites (N-methyl/N-ethyl adjacent to an activating group) is 1. The fourth-order valence-corrected chi connectivity index (χ4v) is 6.08. The van der Waals surface area contributed by atoms with Crippen LogP contribution in [0.25, 0.3) is 10.9 Å². The summed E-state index contributed by atoms with van der Waals surface area (Å²) in [7, 11) is 1.53. The molecule has 3 aromatic rings. The van der Waals surface area contributed by atoms with Crippen molar-refractivity contribution in [2.45, 2.75) is 38.5 Å². The number of nitrogens with one attached hydrogen (secondary N) is 1. The Labute approximate surface area is 262 Å². The van der Waals surface area contributed by atoms with E-state index in [1.54, 1.807) is 11.5 Å². The number of cyclic esters (lactones) is 1. The number of aromatic nitrogens is 1. The maximum atomic E-state index is 15.7. The Hall–Kier alpha value is -5.15. The smallest absolute Gasteiger partial charge is 0.414 e. The summed E-state index contributed by atoms with van der Waals surface area (Å²) in [4.78, 5) is 65.8. The Morgan fingerprint density at radius 1 is 1.13 bits per heavy atom. The van der Waals surface area contributed by atoms with Gasteiger partial charge >= 0.3 is 12.1 Å². The summed E-state index contributed by atoms with van der Waals surface area (Å²) in [6.07, 6.45) is 0.120. The number of carboxylic acid groups (broad SMARTS) is 1. The van der Waals surface area contributed by atoms with Crippen LogP contribution < -0.4 is 30.2 Å². The minimum Gasteiger partial charge on any atom is -0.487 e. The summed E-state index contributed by atoms with van der Waals surface area (Å²) < 4.78 is 43.8. The van der Waals surface area contributed by atoms with Crippen molar-refractivity contribution < 1.29 is 42.5 Å². The number of carboxylic acids is 1. The quantitative estimate of drug-likeness (QED) is 0.373. The maximum absolute atomic E-state index is 15.7. The minimum absolute atomic E-state index is 0. The molecule has 3 radical (unpaired) electrons. The van der Waals surface area contributed by atoms with Gasteiger partial charge in [-0.2, -0.15) is 0 Å². The van der Waals surface area contributed by atoms with E-state index in [2.05, 4.69) is 5.32 Å². The van der Waals surface area contributed by atoms with Crippen molar-refractivity contribution in [1.82, 2.24) is 9.88 Å². The summed E-state index contributed by atoms with van der Waals surface area (Å²) in [6, 6.07) is 3.76. The first kappa shape index (κ1) is 32.3. The summed E-state index contributed by atoms with van der Waals surface area (Å²) >= 11 is 0. The second-order valence-electron chi connectivity index (χ2n) is 11.3. The Morgan fingerprint density at radius 3 is 2.54 bits per heavy atom. The highest BCUT2D eigenvalue weighted by molar-refractivity contribution is 6.06. The molecule has 1 aromatic heterocycles. The topological polar surface area (TPSA) is 151 Å². The molecule has 3 aliphatic rings. The number of anilines is 3. The normalized spacial score (nSPS) is 20.3. The van der Waals surface area contributed by atoms with Crippen molar-refractivity contribution in [3.05, 3.63) is 57.9 Å². The van der Waals surface area contributed by atoms with Crippen LogP contribution in [0, 0.1) is 11.6 Å². The van der Waals surface area contributed by atoms with Gasteiger partial charge in [0.1, 0.15) is 35.8 Å². The lowest BCUT2D eigenvalue weighted by Gasteiger charge is -2.31. The number of carbonyl (C=O) groups is 4. The molecule has 0 spiro atoms. The molecule has 0 aliphatic carbocycles. The predicted molar refractivity (Wildman–Crippen MR) is 163 cm³/mol. The van der Waals surface area contributed by atoms with Gasteiger partial charge in [0.05, 0.1) is 41.4 Å². The van der Waals surface area contributed by atoms with E-state index in [9.17, 15) is 29.1 Å². The molecular weight excluding hydrogens is 607 g/mol. The van der Waals surface area contributed by atoms with E-state index in [-0.39, 0.29) is 86.7 Å². The zero-order valence-electron chi connectivity index (χ0n) is 25.1. The molecule has 13 nitrogen and oxygen atoms in total. The number of hydrogen-bond donors (Lipinski definition) is 2. The molecule has 2 aromatic carbocycles. The van der Waals surface area contributed by atoms with E-state index in [0.29, 0.717) is 0 Å². The molecule has 0 saturated carbocycles. The van der Waals surface area contributed by atoms with Gasteiger partial charge in [-0.05, 0) is 37.6 Å². The van der Waals surface area contributed by atoms with E-state index in [4.69, 9.17) is 9.47 Å². The highest BCUT2D eigenvalue weighted by Gasteiger charge is 2.41. The van der Waals surface area contributed by atoms with E-state index in [1.807, 2.05) is 0 Å². The van der Waals surface area contributed by atoms with Gasteiger partial charge in [-0.15, -0.1) is 0 Å². The number of pyridine rings is 1. The highest BCUT2D eigenvalue weighted by Crippen LogP contribution is 2.43. The van der Waals surface area contributed by atoms with Crippen molar-refractivity contribution >= 4 is 60.3 Å². The van der Waals surface area contributed by atoms with E-state index < -0.39 is 52.7 Å². The SMILES string of the molecule is CC(=O)NC[C@H]1CN(c2ccc(N(C)C3CCN(c4c(F)cc5c(=O)c(C(=O)O)cn6c5c4OCC6C)C3=O)c(F)c2)C(=O)O1.[B]. The molecule has 239 valence electrons. The molecule has 3 atom stereocenters. The number of carbonyl (C=O) groups excluding carboxylic acids is 3. The number of aromatic carboxylic acids is 1. The largest absolute Gasteiger partial charge is 0.487 e. The first-order valence-electron chi connectivity index (χ1n) is 14.2. The lowest BCUT2D eigenvalue weighted by Crippen LogP contribution is -2.40. The predicted octanol–water partition coefficient (Wildman–Crippen LogP) is 2.25. The van der Waals surface area contributed by atoms with Gasteiger partial charge in [-0.3, -0.25) is 19.3 Å². The van der Waals surface area contributed by atoms with Crippen molar-refractivity contribution in [2.24, 2.45) is 0 Å². The van der Waals surface area contributed by atoms with Crippen LogP contribution in [0.1, 0.15) is 36.7 Å². The van der Waals surface area contributed by atoms with Gasteiger partial charge in [0.15, 0.2) is 11.6 Å². The summed E-state index contributed by atoms with van der Waals surface area (Å²) in [5, 5.41) is 11.9. The maximum Gasteiger partial charge on any atom is 0.414 e. The van der Waals surface area contributed by atoms with Gasteiger partial charge in [-0.25, -0.2) is 18.4 Å². The van der Waals surface area contributed by atoms with Crippen LogP contribution in [-0.4, -0.2) is 87.4 Å². The molecule has 6 rings (SSSR count). The van der Waals surface area contributed by atoms with Crippen LogP contribution in [0.2, 0.25) is 0 Å². The summed E-state index contributed by atoms with van der Waals surface area (Å²) in [5.74, 6) is -3.93. The van der Waals surface area contributed by atoms with Crippen LogP contribution in [-0.2, 0) is 14.3 Å². The molecule has 2 fully saturated rings. The second-order valence-corrected chi connectivity index (χ2v) is 11.3. The molecule has 3 aliphatic heterocycles. The van der Waals surface area contributed by atoms with Crippen LogP contribution in [0.3, 0.4) is 0 Å². The molecule has 2 saturated heterocycles. The van der Waals surface area contributed by atoms with E-state index in [1.165, 1.54) is 47.0 Å². The molecule has 2 unspecified atom stereocenters. The third kappa shape index (κ3) is 5.26. The lowest BCUT2D eigenvalue weighted by molar-refractivity contribution is -0.119. The minimum atomic E-state index is -1.44. The average Bonchev–Trinajstić information content (AvgIpc) is 3.55. The number of amides is 3. The molecule has 0 bridgehead atoms. The monoisotopic (exact) mass is 636 g/mol. The number of benzene rings is 2. The molecule has 3 amide bonds. The van der Waals surface area contributed by atoms with Gasteiger partial charge in [0, 0.05) is 35.1 Å². The van der Waals surface area contributed by atoms with Crippen LogP contribution in [0.15, 0.2) is 35.3 Å². The highest BCUT2D eigenvalue weighted by atomic mass is 19.1. The zero-order valence-corrected chi connectivity index (χ0v) is 25.1.